The van der Waals surface area contributed by atoms with Crippen molar-refractivity contribution in [3.63, 3.8) is 0 Å². The third kappa shape index (κ3) is 3.76. The van der Waals surface area contributed by atoms with E-state index in [1.54, 1.807) is 0 Å². The second-order valence-corrected chi connectivity index (χ2v) is 8.53. The summed E-state index contributed by atoms with van der Waals surface area (Å²) in [7, 11) is 0. The fourth-order valence-corrected chi connectivity index (χ4v) is 5.36. The normalized spacial score (nSPS) is 16.5. The van der Waals surface area contributed by atoms with Crippen molar-refractivity contribution in [2.45, 2.75) is 24.3 Å². The minimum atomic E-state index is -0.249. The highest BCUT2D eigenvalue weighted by atomic mass is 15.2. The molecule has 1 aliphatic heterocycles. The molecule has 32 heavy (non-hydrogen) atoms. The summed E-state index contributed by atoms with van der Waals surface area (Å²) in [6.45, 7) is 1.07. The number of likely N-dealkylation sites (tertiary alicyclic amines) is 1. The monoisotopic (exact) mass is 415 g/mol. The molecular formula is C31H29N. The third-order valence-electron chi connectivity index (χ3n) is 6.74. The highest BCUT2D eigenvalue weighted by Crippen LogP contribution is 2.47. The van der Waals surface area contributed by atoms with Crippen LogP contribution in [0.3, 0.4) is 0 Å². The maximum atomic E-state index is 2.57. The summed E-state index contributed by atoms with van der Waals surface area (Å²) >= 11 is 0. The van der Waals surface area contributed by atoms with E-state index >= 15 is 0 Å². The molecule has 0 radical (unpaired) electrons. The molecule has 1 heterocycles. The summed E-state index contributed by atoms with van der Waals surface area (Å²) in [6.07, 6.45) is 6.91. The topological polar surface area (TPSA) is 3.24 Å². The lowest BCUT2D eigenvalue weighted by Crippen LogP contribution is -2.47. The minimum absolute atomic E-state index is 0.249. The molecule has 0 amide bonds. The predicted molar refractivity (Wildman–Crippen MR) is 134 cm³/mol. The van der Waals surface area contributed by atoms with Gasteiger partial charge in [-0.05, 0) is 47.4 Å². The van der Waals surface area contributed by atoms with E-state index in [2.05, 4.69) is 139 Å². The van der Waals surface area contributed by atoms with Crippen LogP contribution in [0.15, 0.2) is 128 Å². The molecule has 1 heteroatoms. The average molecular weight is 416 g/mol. The lowest BCUT2D eigenvalue weighted by molar-refractivity contribution is 0.274. The van der Waals surface area contributed by atoms with Gasteiger partial charge in [-0.2, -0.15) is 0 Å². The Morgan fingerprint density at radius 1 is 0.594 bits per heavy atom. The van der Waals surface area contributed by atoms with Gasteiger partial charge in [-0.3, -0.25) is 0 Å². The van der Waals surface area contributed by atoms with Crippen LogP contribution in [0.1, 0.15) is 35.1 Å². The van der Waals surface area contributed by atoms with Gasteiger partial charge in [-0.25, -0.2) is 0 Å². The maximum absolute atomic E-state index is 2.57. The lowest BCUT2D eigenvalue weighted by Gasteiger charge is -2.44. The fraction of sp³-hybridized carbons (Fsp3) is 0.161. The molecule has 0 saturated carbocycles. The molecule has 158 valence electrons. The van der Waals surface area contributed by atoms with Gasteiger partial charge in [0.1, 0.15) is 0 Å². The molecule has 1 nitrogen and oxygen atoms in total. The highest BCUT2D eigenvalue weighted by molar-refractivity contribution is 5.54. The standard InChI is InChI=1S/C31H29N/c1-5-14-26(15-6-1)23-25-32-24-13-22-30(32)31(27-16-7-2-8-17-27,28-18-9-3-10-19-28)29-20-11-4-12-21-29/h1-12,14-21,23,25,30H,13,22,24H2/b25-23-. The van der Waals surface area contributed by atoms with E-state index in [9.17, 15) is 0 Å². The van der Waals surface area contributed by atoms with Gasteiger partial charge in [-0.15, -0.1) is 0 Å². The van der Waals surface area contributed by atoms with Gasteiger partial charge in [0.25, 0.3) is 0 Å². The Bertz CT molecular complexity index is 1040. The summed E-state index contributed by atoms with van der Waals surface area (Å²) in [5.41, 5.74) is 5.04. The van der Waals surface area contributed by atoms with Crippen LogP contribution in [0.5, 0.6) is 0 Å². The zero-order valence-corrected chi connectivity index (χ0v) is 18.3. The molecule has 0 bridgehead atoms. The smallest absolute Gasteiger partial charge is 0.0654 e. The van der Waals surface area contributed by atoms with Gasteiger partial charge in [0.2, 0.25) is 0 Å². The van der Waals surface area contributed by atoms with Gasteiger partial charge in [0.05, 0.1) is 5.41 Å². The van der Waals surface area contributed by atoms with Crippen LogP contribution in [0.4, 0.5) is 0 Å². The summed E-state index contributed by atoms with van der Waals surface area (Å²) in [6, 6.07) is 44.2. The third-order valence-corrected chi connectivity index (χ3v) is 6.74. The molecule has 0 spiro atoms. The molecule has 4 aromatic rings. The lowest BCUT2D eigenvalue weighted by atomic mass is 9.64. The first-order valence-electron chi connectivity index (χ1n) is 11.5. The van der Waals surface area contributed by atoms with E-state index in [1.165, 1.54) is 28.7 Å². The molecule has 1 atom stereocenters. The Hall–Kier alpha value is -3.58. The van der Waals surface area contributed by atoms with Crippen molar-refractivity contribution in [3.8, 4) is 0 Å². The van der Waals surface area contributed by atoms with Gasteiger partial charge >= 0.3 is 0 Å². The van der Waals surface area contributed by atoms with E-state index in [-0.39, 0.29) is 5.41 Å². The zero-order chi connectivity index (χ0) is 21.6. The zero-order valence-electron chi connectivity index (χ0n) is 18.3. The highest BCUT2D eigenvalue weighted by Gasteiger charge is 2.47. The van der Waals surface area contributed by atoms with E-state index in [1.807, 2.05) is 0 Å². The van der Waals surface area contributed by atoms with Crippen LogP contribution >= 0.6 is 0 Å². The minimum Gasteiger partial charge on any atom is -0.373 e. The van der Waals surface area contributed by atoms with Crippen LogP contribution in [-0.4, -0.2) is 17.5 Å². The van der Waals surface area contributed by atoms with Crippen LogP contribution < -0.4 is 0 Å². The number of hydrogen-bond donors (Lipinski definition) is 0. The van der Waals surface area contributed by atoms with Crippen molar-refractivity contribution < 1.29 is 0 Å². The average Bonchev–Trinajstić information content (AvgIpc) is 3.35. The van der Waals surface area contributed by atoms with E-state index in [0.717, 1.165) is 13.0 Å². The first-order valence-corrected chi connectivity index (χ1v) is 11.5. The summed E-state index contributed by atoms with van der Waals surface area (Å²) in [5, 5.41) is 0. The fourth-order valence-electron chi connectivity index (χ4n) is 5.36. The number of hydrogen-bond acceptors (Lipinski definition) is 1. The first-order chi connectivity index (χ1) is 15.9. The molecular weight excluding hydrogens is 386 g/mol. The Morgan fingerprint density at radius 2 is 1.03 bits per heavy atom. The maximum Gasteiger partial charge on any atom is 0.0654 e. The summed E-state index contributed by atoms with van der Waals surface area (Å²) < 4.78 is 0. The van der Waals surface area contributed by atoms with Gasteiger partial charge < -0.3 is 4.90 Å². The summed E-state index contributed by atoms with van der Waals surface area (Å²) in [5.74, 6) is 0. The van der Waals surface area contributed by atoms with Crippen molar-refractivity contribution in [3.05, 3.63) is 150 Å². The first kappa shape index (κ1) is 20.3. The summed E-state index contributed by atoms with van der Waals surface area (Å²) in [4.78, 5) is 2.57. The molecule has 0 aliphatic carbocycles. The molecule has 1 aliphatic rings. The van der Waals surface area contributed by atoms with Gasteiger partial charge in [0, 0.05) is 12.6 Å². The predicted octanol–water partition coefficient (Wildman–Crippen LogP) is 7.16. The Kier molecular flexibility index (Phi) is 5.89. The molecule has 1 unspecified atom stereocenters. The molecule has 4 aromatic carbocycles. The van der Waals surface area contributed by atoms with Crippen molar-refractivity contribution in [1.29, 1.82) is 0 Å². The van der Waals surface area contributed by atoms with Crippen molar-refractivity contribution in [2.75, 3.05) is 6.54 Å². The number of rotatable bonds is 6. The van der Waals surface area contributed by atoms with Crippen molar-refractivity contribution in [1.82, 2.24) is 4.90 Å². The number of nitrogens with zero attached hydrogens (tertiary/aromatic N) is 1. The van der Waals surface area contributed by atoms with E-state index < -0.39 is 0 Å². The van der Waals surface area contributed by atoms with Crippen LogP contribution in [0.2, 0.25) is 0 Å². The van der Waals surface area contributed by atoms with Gasteiger partial charge in [0.15, 0.2) is 0 Å². The SMILES string of the molecule is C(=C/N1CCCC1C(c1ccccc1)(c1ccccc1)c1ccccc1)/c1ccccc1. The van der Waals surface area contributed by atoms with Crippen molar-refractivity contribution >= 4 is 6.08 Å². The molecule has 1 fully saturated rings. The quantitative estimate of drug-likeness (QED) is 0.302. The second-order valence-electron chi connectivity index (χ2n) is 8.53. The van der Waals surface area contributed by atoms with E-state index in [0.29, 0.717) is 6.04 Å². The molecule has 0 aromatic heterocycles. The van der Waals surface area contributed by atoms with Gasteiger partial charge in [-0.1, -0.05) is 121 Å². The largest absolute Gasteiger partial charge is 0.373 e. The van der Waals surface area contributed by atoms with E-state index in [4.69, 9.17) is 0 Å². The molecule has 1 saturated heterocycles. The van der Waals surface area contributed by atoms with Crippen LogP contribution in [-0.2, 0) is 5.41 Å². The Labute approximate surface area is 191 Å². The molecule has 0 N–H and O–H groups in total. The van der Waals surface area contributed by atoms with Crippen molar-refractivity contribution in [2.24, 2.45) is 0 Å². The van der Waals surface area contributed by atoms with Crippen LogP contribution in [0, 0.1) is 0 Å². The number of benzene rings is 4. The molecule has 5 rings (SSSR count). The Morgan fingerprint density at radius 3 is 1.50 bits per heavy atom. The van der Waals surface area contributed by atoms with Crippen LogP contribution in [0.25, 0.3) is 6.08 Å². The Balaban J connectivity index is 1.70. The second kappa shape index (κ2) is 9.28.